The molecule has 1 aliphatic rings. The molecule has 50 heavy (non-hydrogen) atoms. The Morgan fingerprint density at radius 2 is 0.680 bits per heavy atom. The smallest absolute Gasteiger partial charge is 0.210 e. The summed E-state index contributed by atoms with van der Waals surface area (Å²) in [6.07, 6.45) is 0. The molecule has 0 bridgehead atoms. The van der Waals surface area contributed by atoms with Crippen molar-refractivity contribution >= 4 is 70.0 Å². The highest BCUT2D eigenvalue weighted by Gasteiger charge is 2.35. The van der Waals surface area contributed by atoms with Crippen LogP contribution in [0.1, 0.15) is 0 Å². The lowest BCUT2D eigenvalue weighted by Crippen LogP contribution is -2.22. The molecule has 4 heteroatoms. The van der Waals surface area contributed by atoms with E-state index in [-0.39, 0.29) is 0 Å². The number of sulfone groups is 1. The summed E-state index contributed by atoms with van der Waals surface area (Å²) in [7, 11) is -3.89. The molecule has 1 heterocycles. The lowest BCUT2D eigenvalue weighted by molar-refractivity contribution is 0.595. The van der Waals surface area contributed by atoms with Crippen LogP contribution in [-0.4, -0.2) is 8.42 Å². The molecule has 0 N–H and O–H groups in total. The van der Waals surface area contributed by atoms with Crippen LogP contribution >= 0.6 is 0 Å². The van der Waals surface area contributed by atoms with Gasteiger partial charge in [-0.25, -0.2) is 8.42 Å². The molecule has 0 amide bonds. The third-order valence-corrected chi connectivity index (χ3v) is 11.9. The van der Waals surface area contributed by atoms with Gasteiger partial charge >= 0.3 is 0 Å². The molecule has 0 aromatic heterocycles. The second kappa shape index (κ2) is 10.9. The normalized spacial score (nSPS) is 13.5. The van der Waals surface area contributed by atoms with E-state index < -0.39 is 9.84 Å². The van der Waals surface area contributed by atoms with E-state index in [1.807, 2.05) is 66.7 Å². The highest BCUT2D eigenvalue weighted by molar-refractivity contribution is 7.92. The van der Waals surface area contributed by atoms with Crippen LogP contribution in [0.5, 0.6) is 0 Å². The molecule has 0 saturated heterocycles. The number of benzene rings is 9. The highest BCUT2D eigenvalue weighted by atomic mass is 32.2. The Kier molecular flexibility index (Phi) is 6.26. The van der Waals surface area contributed by atoms with E-state index in [9.17, 15) is 8.42 Å². The molecule has 9 aromatic carbocycles. The third kappa shape index (κ3) is 4.53. The summed E-state index contributed by atoms with van der Waals surface area (Å²) in [6, 6.07) is 59.9. The fourth-order valence-electron chi connectivity index (χ4n) is 7.53. The molecular weight excluding hydrogens is 631 g/mol. The van der Waals surface area contributed by atoms with Gasteiger partial charge in [0.05, 0.1) is 21.2 Å². The van der Waals surface area contributed by atoms with E-state index in [4.69, 9.17) is 0 Å². The molecule has 0 fully saturated rings. The van der Waals surface area contributed by atoms with Gasteiger partial charge < -0.3 is 4.90 Å². The number of nitrogens with zero attached hydrogens (tertiary/aromatic N) is 1. The van der Waals surface area contributed by atoms with Crippen molar-refractivity contribution in [3.63, 3.8) is 0 Å². The van der Waals surface area contributed by atoms with Gasteiger partial charge in [0.25, 0.3) is 0 Å². The molecule has 1 aliphatic heterocycles. The first-order valence-corrected chi connectivity index (χ1v) is 18.2. The lowest BCUT2D eigenvalue weighted by Gasteiger charge is -2.33. The molecule has 0 aliphatic carbocycles. The topological polar surface area (TPSA) is 37.4 Å². The molecule has 3 nitrogen and oxygen atoms in total. The van der Waals surface area contributed by atoms with E-state index in [1.54, 1.807) is 0 Å². The van der Waals surface area contributed by atoms with Gasteiger partial charge in [-0.3, -0.25) is 0 Å². The first-order chi connectivity index (χ1) is 24.5. The molecule has 10 rings (SSSR count). The maximum absolute atomic E-state index is 14.7. The van der Waals surface area contributed by atoms with Crippen molar-refractivity contribution in [3.8, 4) is 22.3 Å². The van der Waals surface area contributed by atoms with E-state index >= 15 is 0 Å². The van der Waals surface area contributed by atoms with Crippen molar-refractivity contribution in [2.24, 2.45) is 0 Å². The fraction of sp³-hybridized carbons (Fsp3) is 0. The maximum atomic E-state index is 14.7. The molecule has 0 radical (unpaired) electrons. The predicted molar refractivity (Wildman–Crippen MR) is 207 cm³/mol. The van der Waals surface area contributed by atoms with Crippen molar-refractivity contribution in [1.29, 1.82) is 0 Å². The van der Waals surface area contributed by atoms with Gasteiger partial charge in [0.15, 0.2) is 0 Å². The number of fused-ring (bicyclic) bond motifs is 6. The van der Waals surface area contributed by atoms with Crippen LogP contribution in [0, 0.1) is 0 Å². The Bertz CT molecular complexity index is 2770. The number of rotatable bonds is 3. The summed E-state index contributed by atoms with van der Waals surface area (Å²) in [5.74, 6) is 0. The average Bonchev–Trinajstić information content (AvgIpc) is 3.16. The zero-order chi connectivity index (χ0) is 33.4. The summed E-state index contributed by atoms with van der Waals surface area (Å²) in [4.78, 5) is 2.66. The minimum absolute atomic E-state index is 0.298. The monoisotopic (exact) mass is 659 g/mol. The van der Waals surface area contributed by atoms with Crippen LogP contribution in [0.2, 0.25) is 0 Å². The van der Waals surface area contributed by atoms with E-state index in [2.05, 4.69) is 114 Å². The van der Waals surface area contributed by atoms with Crippen LogP contribution in [-0.2, 0) is 9.84 Å². The summed E-state index contributed by atoms with van der Waals surface area (Å²) in [5, 5.41) is 9.28. The highest BCUT2D eigenvalue weighted by Crippen LogP contribution is 2.50. The molecule has 0 unspecified atom stereocenters. The second-order valence-corrected chi connectivity index (χ2v) is 14.9. The lowest BCUT2D eigenvalue weighted by atomic mass is 9.97. The summed E-state index contributed by atoms with van der Waals surface area (Å²) < 4.78 is 29.5. The van der Waals surface area contributed by atoms with Gasteiger partial charge in [-0.15, -0.1) is 0 Å². The van der Waals surface area contributed by atoms with Crippen LogP contribution in [0.3, 0.4) is 0 Å². The number of anilines is 3. The Hall–Kier alpha value is -6.23. The quantitative estimate of drug-likeness (QED) is 0.177. The minimum Gasteiger partial charge on any atom is -0.308 e. The van der Waals surface area contributed by atoms with E-state index in [0.29, 0.717) is 21.2 Å². The molecule has 0 spiro atoms. The van der Waals surface area contributed by atoms with Crippen LogP contribution in [0.25, 0.3) is 65.3 Å². The van der Waals surface area contributed by atoms with Crippen LogP contribution in [0.15, 0.2) is 186 Å². The van der Waals surface area contributed by atoms with Crippen molar-refractivity contribution in [1.82, 2.24) is 0 Å². The van der Waals surface area contributed by atoms with Crippen molar-refractivity contribution in [3.05, 3.63) is 176 Å². The molecule has 236 valence electrons. The second-order valence-electron chi connectivity index (χ2n) is 13.1. The number of para-hydroxylation sites is 1. The van der Waals surface area contributed by atoms with Crippen molar-refractivity contribution in [2.75, 3.05) is 4.90 Å². The van der Waals surface area contributed by atoms with Gasteiger partial charge in [0.1, 0.15) is 0 Å². The van der Waals surface area contributed by atoms with Gasteiger partial charge in [-0.2, -0.15) is 0 Å². The number of hydrogen-bond acceptors (Lipinski definition) is 3. The standard InChI is InChI=1S/C46H29NO2S/c48-50(49)45-28-38(34-14-16-36-22-30-8-4-6-10-32(30)24-40(36)26-34)18-20-43(45)47(42-12-2-1-3-13-42)44-21-19-39(29-46(44)50)35-15-17-37-23-31-9-5-7-11-33(31)25-41(37)27-35/h1-29H. The summed E-state index contributed by atoms with van der Waals surface area (Å²) in [5.41, 5.74) is 5.85. The van der Waals surface area contributed by atoms with Gasteiger partial charge in [-0.1, -0.05) is 103 Å². The largest absolute Gasteiger partial charge is 0.308 e. The van der Waals surface area contributed by atoms with Crippen LogP contribution < -0.4 is 4.90 Å². The predicted octanol–water partition coefficient (Wildman–Crippen LogP) is 12.2. The molecule has 9 aromatic rings. The van der Waals surface area contributed by atoms with E-state index in [0.717, 1.165) is 49.5 Å². The first-order valence-electron chi connectivity index (χ1n) is 16.7. The summed E-state index contributed by atoms with van der Waals surface area (Å²) in [6.45, 7) is 0. The maximum Gasteiger partial charge on any atom is 0.210 e. The Labute approximate surface area is 290 Å². The molecular formula is C46H29NO2S. The van der Waals surface area contributed by atoms with Crippen LogP contribution in [0.4, 0.5) is 17.1 Å². The fourth-order valence-corrected chi connectivity index (χ4v) is 9.20. The zero-order valence-corrected chi connectivity index (χ0v) is 27.7. The first kappa shape index (κ1) is 28.8. The van der Waals surface area contributed by atoms with Gasteiger partial charge in [-0.05, 0) is 138 Å². The Morgan fingerprint density at radius 3 is 1.14 bits per heavy atom. The third-order valence-electron chi connectivity index (χ3n) is 10.1. The Balaban J connectivity index is 1.13. The average molecular weight is 660 g/mol. The van der Waals surface area contributed by atoms with E-state index in [1.165, 1.54) is 21.5 Å². The van der Waals surface area contributed by atoms with Crippen molar-refractivity contribution < 1.29 is 8.42 Å². The van der Waals surface area contributed by atoms with Gasteiger partial charge in [0.2, 0.25) is 9.84 Å². The number of hydrogen-bond donors (Lipinski definition) is 0. The van der Waals surface area contributed by atoms with Crippen molar-refractivity contribution in [2.45, 2.75) is 9.79 Å². The minimum atomic E-state index is -3.89. The molecule has 0 saturated carbocycles. The molecule has 0 atom stereocenters. The van der Waals surface area contributed by atoms with Gasteiger partial charge in [0, 0.05) is 5.69 Å². The SMILES string of the molecule is O=S1(=O)c2cc(-c3ccc4cc5ccccc5cc4c3)ccc2N(c2ccccc2)c2ccc(-c3ccc4cc5ccccc5cc4c3)cc21. The summed E-state index contributed by atoms with van der Waals surface area (Å²) >= 11 is 0. The zero-order valence-electron chi connectivity index (χ0n) is 26.9. The Morgan fingerprint density at radius 1 is 0.320 bits per heavy atom.